The molecule has 0 N–H and O–H groups in total. The maximum atomic E-state index is 12.5. The fraction of sp³-hybridized carbons (Fsp3) is 0.870. The molecule has 3 saturated carbocycles. The number of ether oxygens (including phenoxy) is 1. The summed E-state index contributed by atoms with van der Waals surface area (Å²) in [6.07, 6.45) is 14.7. The Morgan fingerprint density at radius 2 is 1.88 bits per heavy atom. The molecule has 0 spiro atoms. The van der Waals surface area contributed by atoms with Crippen molar-refractivity contribution in [3.8, 4) is 0 Å². The van der Waals surface area contributed by atoms with Crippen LogP contribution in [-0.2, 0) is 9.53 Å². The first-order valence-corrected chi connectivity index (χ1v) is 10.8. The summed E-state index contributed by atoms with van der Waals surface area (Å²) in [5, 5.41) is 0. The molecule has 0 aromatic carbocycles. The van der Waals surface area contributed by atoms with Gasteiger partial charge in [0.1, 0.15) is 5.78 Å². The summed E-state index contributed by atoms with van der Waals surface area (Å²) in [5.41, 5.74) is 2.07. The Labute approximate surface area is 153 Å². The van der Waals surface area contributed by atoms with Gasteiger partial charge in [0.25, 0.3) is 0 Å². The zero-order chi connectivity index (χ0) is 17.7. The number of hydrogen-bond donors (Lipinski definition) is 0. The maximum absolute atomic E-state index is 12.5. The zero-order valence-corrected chi connectivity index (χ0v) is 16.5. The van der Waals surface area contributed by atoms with Crippen molar-refractivity contribution in [1.29, 1.82) is 0 Å². The predicted molar refractivity (Wildman–Crippen MR) is 101 cm³/mol. The summed E-state index contributed by atoms with van der Waals surface area (Å²) in [4.78, 5) is 12.5. The molecule has 4 rings (SSSR count). The number of hydrogen-bond acceptors (Lipinski definition) is 2. The summed E-state index contributed by atoms with van der Waals surface area (Å²) in [6, 6.07) is 0. The molecule has 0 heterocycles. The molecule has 1 unspecified atom stereocenters. The highest BCUT2D eigenvalue weighted by atomic mass is 16.5. The monoisotopic (exact) mass is 344 g/mol. The van der Waals surface area contributed by atoms with Crippen molar-refractivity contribution in [2.24, 2.45) is 28.6 Å². The minimum Gasteiger partial charge on any atom is -0.378 e. The Hall–Kier alpha value is -0.630. The van der Waals surface area contributed by atoms with Crippen LogP contribution in [0.15, 0.2) is 11.6 Å². The summed E-state index contributed by atoms with van der Waals surface area (Å²) in [5.74, 6) is 2.75. The van der Waals surface area contributed by atoms with Crippen molar-refractivity contribution in [2.45, 2.75) is 91.1 Å². The van der Waals surface area contributed by atoms with E-state index in [9.17, 15) is 4.79 Å². The number of allylic oxidation sites excluding steroid dienone is 1. The van der Waals surface area contributed by atoms with Crippen LogP contribution in [-0.4, -0.2) is 18.5 Å². The van der Waals surface area contributed by atoms with E-state index in [1.165, 1.54) is 38.5 Å². The van der Waals surface area contributed by atoms with E-state index in [1.807, 2.05) is 0 Å². The normalized spacial score (nSPS) is 46.2. The second-order valence-corrected chi connectivity index (χ2v) is 9.77. The fourth-order valence-electron chi connectivity index (χ4n) is 6.94. The molecule has 0 aromatic heterocycles. The lowest BCUT2D eigenvalue weighted by Gasteiger charge is -2.57. The fourth-order valence-corrected chi connectivity index (χ4v) is 6.94. The minimum atomic E-state index is 0.00331. The van der Waals surface area contributed by atoms with Crippen molar-refractivity contribution < 1.29 is 9.53 Å². The summed E-state index contributed by atoms with van der Waals surface area (Å²) >= 11 is 0. The largest absolute Gasteiger partial charge is 0.378 e. The second-order valence-electron chi connectivity index (χ2n) is 9.77. The molecule has 4 aliphatic rings. The lowest BCUT2D eigenvalue weighted by molar-refractivity contribution is -0.132. The Kier molecular flexibility index (Phi) is 4.63. The molecule has 0 radical (unpaired) electrons. The number of ketones is 1. The van der Waals surface area contributed by atoms with Crippen LogP contribution in [0, 0.1) is 28.6 Å². The topological polar surface area (TPSA) is 26.3 Å². The van der Waals surface area contributed by atoms with Crippen LogP contribution in [0.4, 0.5) is 0 Å². The summed E-state index contributed by atoms with van der Waals surface area (Å²) in [7, 11) is 0. The van der Waals surface area contributed by atoms with Crippen molar-refractivity contribution >= 4 is 5.78 Å². The molecule has 0 bridgehead atoms. The lowest BCUT2D eigenvalue weighted by atomic mass is 9.48. The number of fused-ring (bicyclic) bond motifs is 5. The molecule has 2 heteroatoms. The molecule has 0 amide bonds. The number of Topliss-reactive ketones (excluding diaryl/α,β-unsaturated/α-hetero) is 1. The first-order valence-electron chi connectivity index (χ1n) is 10.8. The first kappa shape index (κ1) is 17.8. The Morgan fingerprint density at radius 3 is 2.68 bits per heavy atom. The van der Waals surface area contributed by atoms with E-state index >= 15 is 0 Å². The highest BCUT2D eigenvalue weighted by Crippen LogP contribution is 2.64. The van der Waals surface area contributed by atoms with Gasteiger partial charge >= 0.3 is 0 Å². The molecule has 0 saturated heterocycles. The third-order valence-electron chi connectivity index (χ3n) is 8.62. The van der Waals surface area contributed by atoms with Gasteiger partial charge in [-0.25, -0.2) is 0 Å². The van der Waals surface area contributed by atoms with Crippen LogP contribution in [0.5, 0.6) is 0 Å². The molecule has 4 aliphatic carbocycles. The van der Waals surface area contributed by atoms with Gasteiger partial charge < -0.3 is 4.74 Å². The molecule has 6 atom stereocenters. The minimum absolute atomic E-state index is 0.00331. The molecule has 140 valence electrons. The van der Waals surface area contributed by atoms with E-state index in [1.54, 1.807) is 5.57 Å². The Bertz CT molecular complexity index is 564. The van der Waals surface area contributed by atoms with Gasteiger partial charge in [0.2, 0.25) is 0 Å². The van der Waals surface area contributed by atoms with Gasteiger partial charge in [0, 0.05) is 18.4 Å². The van der Waals surface area contributed by atoms with Crippen molar-refractivity contribution in [3.63, 3.8) is 0 Å². The summed E-state index contributed by atoms with van der Waals surface area (Å²) in [6.45, 7) is 7.98. The molecule has 2 nitrogen and oxygen atoms in total. The zero-order valence-electron chi connectivity index (χ0n) is 16.5. The smallest absolute Gasteiger partial charge is 0.139 e. The van der Waals surface area contributed by atoms with E-state index in [4.69, 9.17) is 4.74 Å². The highest BCUT2D eigenvalue weighted by Gasteiger charge is 2.58. The van der Waals surface area contributed by atoms with Crippen LogP contribution in [0.3, 0.4) is 0 Å². The molecule has 0 aromatic rings. The Morgan fingerprint density at radius 1 is 1.12 bits per heavy atom. The van der Waals surface area contributed by atoms with Crippen LogP contribution in [0.25, 0.3) is 0 Å². The standard InChI is InChI=1S/C23H36O2/c1-4-5-14-25-17-10-12-22(2)16(15-17)6-7-18-19-8-9-21(24)23(19,3)13-11-20(18)22/h6,17-20H,4-5,7-15H2,1-3H3/t17?,18-,19-,20+,22-,23-/m0/s1. The van der Waals surface area contributed by atoms with Crippen LogP contribution in [0.1, 0.15) is 85.0 Å². The van der Waals surface area contributed by atoms with Gasteiger partial charge in [-0.3, -0.25) is 4.79 Å². The SMILES string of the molecule is CCCCOC1CC[C@@]2(C)C(=CC[C@@H]3[C@H]2CC[C@]2(C)C(=O)CC[C@@H]32)C1. The van der Waals surface area contributed by atoms with Gasteiger partial charge in [0.15, 0.2) is 0 Å². The third-order valence-corrected chi connectivity index (χ3v) is 8.62. The average molecular weight is 345 g/mol. The van der Waals surface area contributed by atoms with E-state index < -0.39 is 0 Å². The quantitative estimate of drug-likeness (QED) is 0.483. The first-order chi connectivity index (χ1) is 12.0. The van der Waals surface area contributed by atoms with Gasteiger partial charge in [0.05, 0.1) is 6.10 Å². The molecular formula is C23H36O2. The van der Waals surface area contributed by atoms with Gasteiger partial charge in [-0.1, -0.05) is 38.8 Å². The maximum Gasteiger partial charge on any atom is 0.139 e. The van der Waals surface area contributed by atoms with Gasteiger partial charge in [-0.2, -0.15) is 0 Å². The predicted octanol–water partition coefficient (Wildman–Crippen LogP) is 5.70. The summed E-state index contributed by atoms with van der Waals surface area (Å²) < 4.78 is 6.17. The van der Waals surface area contributed by atoms with Crippen LogP contribution >= 0.6 is 0 Å². The number of rotatable bonds is 4. The third kappa shape index (κ3) is 2.74. The van der Waals surface area contributed by atoms with E-state index in [-0.39, 0.29) is 5.41 Å². The van der Waals surface area contributed by atoms with Crippen molar-refractivity contribution in [2.75, 3.05) is 6.61 Å². The van der Waals surface area contributed by atoms with Crippen molar-refractivity contribution in [1.82, 2.24) is 0 Å². The van der Waals surface area contributed by atoms with E-state index in [2.05, 4.69) is 26.8 Å². The average Bonchev–Trinajstić information content (AvgIpc) is 2.90. The number of carbonyl (C=O) groups excluding carboxylic acids is 1. The highest BCUT2D eigenvalue weighted by molar-refractivity contribution is 5.87. The van der Waals surface area contributed by atoms with Crippen LogP contribution < -0.4 is 0 Å². The lowest BCUT2D eigenvalue weighted by Crippen LogP contribution is -2.50. The van der Waals surface area contributed by atoms with Gasteiger partial charge in [-0.05, 0) is 74.5 Å². The molecule has 25 heavy (non-hydrogen) atoms. The van der Waals surface area contributed by atoms with E-state index in [0.717, 1.165) is 44.1 Å². The molecule has 0 aliphatic heterocycles. The number of carbonyl (C=O) groups is 1. The van der Waals surface area contributed by atoms with Crippen LogP contribution in [0.2, 0.25) is 0 Å². The molecule has 3 fully saturated rings. The number of unbranched alkanes of at least 4 members (excludes halogenated alkanes) is 1. The Balaban J connectivity index is 1.51. The van der Waals surface area contributed by atoms with Crippen molar-refractivity contribution in [3.05, 3.63) is 11.6 Å². The molecular weight excluding hydrogens is 308 g/mol. The second kappa shape index (κ2) is 6.51. The van der Waals surface area contributed by atoms with E-state index in [0.29, 0.717) is 23.2 Å². The van der Waals surface area contributed by atoms with Gasteiger partial charge in [-0.15, -0.1) is 0 Å².